The molecule has 0 unspecified atom stereocenters. The highest BCUT2D eigenvalue weighted by atomic mass is 32.1. The third-order valence-corrected chi connectivity index (χ3v) is 13.7. The number of nitrogens with zero attached hydrogens (tertiary/aromatic N) is 2. The van der Waals surface area contributed by atoms with Gasteiger partial charge in [0.25, 0.3) is 6.71 Å². The standard InChI is InChI=1S/C55H59BN2S/c1-34-28-48-51-49(29-34)58(45-22-17-38(53(5,6)7)31-42(45)35-14-25-50-36(30-35)26-27-59-50)47-24-19-40(55(11,12)13)33-44(47)56(51)43-32-39(54(8,9)10)18-23-46(43)57(48)41-20-15-37(16-21-41)52(2,3)4/h14-33H,1-13H3. The lowest BCUT2D eigenvalue weighted by molar-refractivity contribution is 0.590. The van der Waals surface area contributed by atoms with Gasteiger partial charge in [-0.25, -0.2) is 0 Å². The maximum atomic E-state index is 2.61. The second-order valence-electron chi connectivity index (χ2n) is 21.3. The van der Waals surface area contributed by atoms with Gasteiger partial charge in [-0.15, -0.1) is 11.3 Å². The number of rotatable bonds is 3. The molecule has 1 aromatic heterocycles. The van der Waals surface area contributed by atoms with Gasteiger partial charge in [0.1, 0.15) is 0 Å². The minimum Gasteiger partial charge on any atom is -0.311 e. The van der Waals surface area contributed by atoms with Crippen LogP contribution in [0.25, 0.3) is 21.2 Å². The Morgan fingerprint density at radius 2 is 0.932 bits per heavy atom. The van der Waals surface area contributed by atoms with Crippen molar-refractivity contribution in [2.75, 3.05) is 9.80 Å². The van der Waals surface area contributed by atoms with E-state index in [1.807, 2.05) is 11.3 Å². The average Bonchev–Trinajstić information content (AvgIpc) is 3.64. The maximum Gasteiger partial charge on any atom is 0.252 e. The lowest BCUT2D eigenvalue weighted by Crippen LogP contribution is -2.61. The van der Waals surface area contributed by atoms with E-state index in [0.29, 0.717) is 0 Å². The Bertz CT molecular complexity index is 2780. The molecule has 4 heteroatoms. The average molecular weight is 791 g/mol. The molecule has 0 N–H and O–H groups in total. The largest absolute Gasteiger partial charge is 0.311 e. The van der Waals surface area contributed by atoms with Crippen molar-refractivity contribution < 1.29 is 0 Å². The van der Waals surface area contributed by atoms with Crippen molar-refractivity contribution in [3.63, 3.8) is 0 Å². The molecular formula is C55H59BN2S. The van der Waals surface area contributed by atoms with Crippen LogP contribution in [-0.2, 0) is 21.7 Å². The van der Waals surface area contributed by atoms with Gasteiger partial charge in [-0.2, -0.15) is 0 Å². The molecule has 9 rings (SSSR count). The number of hydrogen-bond acceptors (Lipinski definition) is 3. The Morgan fingerprint density at radius 3 is 1.49 bits per heavy atom. The molecule has 3 heterocycles. The number of fused-ring (bicyclic) bond motifs is 5. The molecule has 0 radical (unpaired) electrons. The van der Waals surface area contributed by atoms with E-state index >= 15 is 0 Å². The van der Waals surface area contributed by atoms with Crippen LogP contribution in [0.4, 0.5) is 34.1 Å². The SMILES string of the molecule is Cc1cc2c3c(c1)N(c1ccc(C(C)(C)C)cc1-c1ccc4sccc4c1)c1ccc(C(C)(C)C)cc1B3c1cc(C(C)(C)C)ccc1N2c1ccc(C(C)(C)C)cc1. The van der Waals surface area contributed by atoms with Crippen molar-refractivity contribution in [1.29, 1.82) is 0 Å². The minimum atomic E-state index is -0.0166. The van der Waals surface area contributed by atoms with Crippen molar-refractivity contribution in [2.45, 2.75) is 112 Å². The van der Waals surface area contributed by atoms with Gasteiger partial charge < -0.3 is 9.80 Å². The molecule has 0 saturated carbocycles. The summed E-state index contributed by atoms with van der Waals surface area (Å²) in [6.45, 7) is 30.3. The molecular weight excluding hydrogens is 731 g/mol. The van der Waals surface area contributed by atoms with E-state index in [1.165, 1.54) is 99.5 Å². The molecule has 7 aromatic rings. The van der Waals surface area contributed by atoms with Gasteiger partial charge in [0.05, 0.1) is 5.69 Å². The normalized spacial score (nSPS) is 14.1. The van der Waals surface area contributed by atoms with Gasteiger partial charge in [0.2, 0.25) is 0 Å². The molecule has 2 aliphatic heterocycles. The Hall–Kier alpha value is -5.06. The Morgan fingerprint density at radius 1 is 0.441 bits per heavy atom. The number of aryl methyl sites for hydroxylation is 1. The minimum absolute atomic E-state index is 0.00531. The van der Waals surface area contributed by atoms with Crippen LogP contribution in [0.5, 0.6) is 0 Å². The summed E-state index contributed by atoms with van der Waals surface area (Å²) in [5, 5.41) is 3.50. The maximum absolute atomic E-state index is 2.61. The zero-order valence-electron chi connectivity index (χ0n) is 37.4. The van der Waals surface area contributed by atoms with E-state index in [-0.39, 0.29) is 28.4 Å². The molecule has 0 atom stereocenters. The monoisotopic (exact) mass is 790 g/mol. The highest BCUT2D eigenvalue weighted by Crippen LogP contribution is 2.49. The van der Waals surface area contributed by atoms with Crippen molar-refractivity contribution >= 4 is 78.6 Å². The molecule has 2 aliphatic rings. The smallest absolute Gasteiger partial charge is 0.252 e. The molecule has 298 valence electrons. The quantitative estimate of drug-likeness (QED) is 0.165. The lowest BCUT2D eigenvalue weighted by Gasteiger charge is -2.45. The molecule has 0 fully saturated rings. The van der Waals surface area contributed by atoms with Crippen LogP contribution >= 0.6 is 11.3 Å². The van der Waals surface area contributed by atoms with Crippen LogP contribution in [0.15, 0.2) is 121 Å². The van der Waals surface area contributed by atoms with E-state index in [9.17, 15) is 0 Å². The molecule has 6 aromatic carbocycles. The number of anilines is 6. The first-order chi connectivity index (χ1) is 27.7. The summed E-state index contributed by atoms with van der Waals surface area (Å²) in [6, 6.07) is 45.4. The summed E-state index contributed by atoms with van der Waals surface area (Å²) in [6.07, 6.45) is 0. The first-order valence-electron chi connectivity index (χ1n) is 21.4. The summed E-state index contributed by atoms with van der Waals surface area (Å²) in [4.78, 5) is 5.17. The van der Waals surface area contributed by atoms with Crippen molar-refractivity contribution in [1.82, 2.24) is 0 Å². The van der Waals surface area contributed by atoms with Crippen LogP contribution in [0, 0.1) is 6.92 Å². The third-order valence-electron chi connectivity index (χ3n) is 12.8. The van der Waals surface area contributed by atoms with Crippen molar-refractivity contribution in [2.24, 2.45) is 0 Å². The summed E-state index contributed by atoms with van der Waals surface area (Å²) in [5.74, 6) is 0. The molecule has 2 nitrogen and oxygen atoms in total. The zero-order valence-corrected chi connectivity index (χ0v) is 38.2. The van der Waals surface area contributed by atoms with E-state index in [1.54, 1.807) is 0 Å². The molecule has 59 heavy (non-hydrogen) atoms. The van der Waals surface area contributed by atoms with Crippen LogP contribution < -0.4 is 26.2 Å². The van der Waals surface area contributed by atoms with Gasteiger partial charge in [-0.1, -0.05) is 132 Å². The number of hydrogen-bond donors (Lipinski definition) is 0. The van der Waals surface area contributed by atoms with Crippen molar-refractivity contribution in [3.05, 3.63) is 148 Å². The first kappa shape index (κ1) is 39.4. The van der Waals surface area contributed by atoms with E-state index in [2.05, 4.69) is 220 Å². The van der Waals surface area contributed by atoms with E-state index < -0.39 is 0 Å². The second kappa shape index (κ2) is 13.5. The van der Waals surface area contributed by atoms with Gasteiger partial charge in [-0.3, -0.25) is 0 Å². The highest BCUT2D eigenvalue weighted by molar-refractivity contribution is 7.17. The van der Waals surface area contributed by atoms with Crippen LogP contribution in [-0.4, -0.2) is 6.71 Å². The predicted octanol–water partition coefficient (Wildman–Crippen LogP) is 14.1. The fourth-order valence-corrected chi connectivity index (χ4v) is 10.1. The molecule has 0 amide bonds. The topological polar surface area (TPSA) is 6.48 Å². The molecule has 0 saturated heterocycles. The highest BCUT2D eigenvalue weighted by Gasteiger charge is 2.44. The van der Waals surface area contributed by atoms with E-state index in [0.717, 1.165) is 0 Å². The Labute approximate surface area is 358 Å². The summed E-state index contributed by atoms with van der Waals surface area (Å²) in [7, 11) is 0. The van der Waals surface area contributed by atoms with Gasteiger partial charge in [0.15, 0.2) is 0 Å². The molecule has 0 spiro atoms. The van der Waals surface area contributed by atoms with Gasteiger partial charge in [-0.05, 0) is 156 Å². The zero-order chi connectivity index (χ0) is 42.0. The second-order valence-corrected chi connectivity index (χ2v) is 22.3. The summed E-state index contributed by atoms with van der Waals surface area (Å²) >= 11 is 1.81. The Balaban J connectivity index is 1.39. The van der Waals surface area contributed by atoms with Crippen LogP contribution in [0.3, 0.4) is 0 Å². The first-order valence-corrected chi connectivity index (χ1v) is 22.3. The molecule has 0 bridgehead atoms. The fraction of sp³-hybridized carbons (Fsp3) is 0.309. The number of benzene rings is 6. The predicted molar refractivity (Wildman–Crippen MR) is 261 cm³/mol. The lowest BCUT2D eigenvalue weighted by atomic mass is 9.33. The third kappa shape index (κ3) is 6.72. The van der Waals surface area contributed by atoms with E-state index in [4.69, 9.17) is 0 Å². The van der Waals surface area contributed by atoms with Crippen LogP contribution in [0.1, 0.15) is 111 Å². The fourth-order valence-electron chi connectivity index (χ4n) is 9.29. The summed E-state index contributed by atoms with van der Waals surface area (Å²) in [5.41, 5.74) is 20.7. The summed E-state index contributed by atoms with van der Waals surface area (Å²) < 4.78 is 1.32. The Kier molecular flexibility index (Phi) is 9.00. The van der Waals surface area contributed by atoms with Gasteiger partial charge >= 0.3 is 0 Å². The number of thiophene rings is 1. The van der Waals surface area contributed by atoms with Crippen molar-refractivity contribution in [3.8, 4) is 11.1 Å². The van der Waals surface area contributed by atoms with Crippen LogP contribution in [0.2, 0.25) is 0 Å². The molecule has 0 aliphatic carbocycles. The van der Waals surface area contributed by atoms with Gasteiger partial charge in [0, 0.05) is 38.7 Å².